The Morgan fingerprint density at radius 1 is 1.02 bits per heavy atom. The molecular weight excluding hydrogens is 629 g/mol. The highest BCUT2D eigenvalue weighted by atomic mass is 79.9. The van der Waals surface area contributed by atoms with E-state index in [0.29, 0.717) is 51.6 Å². The number of likely N-dealkylation sites (N-methyl/N-ethyl adjacent to an activating group) is 1. The molecule has 13 heteroatoms. The molecule has 2 saturated heterocycles. The molecule has 4 aromatic rings. The standard InChI is InChI=1S/C30H37BrN9O2P/c1-37-12-14-38(15-13-37)21-6-10-40-22(17-21)19-42-26-16-20(4-5-25(26)40)34-30-33-18-23(31)28(36-30)35-24-7-9-39-11-8-32-29(39)27(24)43(2,3)41/h4-5,7-9,11,16,18,21-22H,6,10,12-15,17,19H2,1-3H3,(H2,33,34,35,36)/t21-,22+/m0/s1. The van der Waals surface area contributed by atoms with Crippen molar-refractivity contribution in [2.24, 2.45) is 0 Å². The zero-order valence-corrected chi connectivity index (χ0v) is 27.2. The summed E-state index contributed by atoms with van der Waals surface area (Å²) in [6, 6.07) is 9.17. The fourth-order valence-corrected chi connectivity index (χ4v) is 8.18. The summed E-state index contributed by atoms with van der Waals surface area (Å²) < 4.78 is 22.1. The van der Waals surface area contributed by atoms with Crippen molar-refractivity contribution in [3.63, 3.8) is 0 Å². The van der Waals surface area contributed by atoms with Crippen LogP contribution >= 0.6 is 23.1 Å². The van der Waals surface area contributed by atoms with E-state index in [9.17, 15) is 4.57 Å². The van der Waals surface area contributed by atoms with Crippen molar-refractivity contribution in [3.05, 3.63) is 53.5 Å². The molecule has 0 aliphatic carbocycles. The second-order valence-electron chi connectivity index (χ2n) is 12.1. The molecule has 11 nitrogen and oxygen atoms in total. The molecular formula is C30H37BrN9O2P. The largest absolute Gasteiger partial charge is 0.489 e. The fourth-order valence-electron chi connectivity index (χ4n) is 6.53. The minimum Gasteiger partial charge on any atom is -0.489 e. The van der Waals surface area contributed by atoms with Crippen LogP contribution < -0.4 is 25.6 Å². The molecule has 0 spiro atoms. The molecule has 1 aromatic carbocycles. The normalized spacial score (nSPS) is 21.3. The third kappa shape index (κ3) is 5.73. The molecule has 0 amide bonds. The number of nitrogens with zero attached hydrogens (tertiary/aromatic N) is 7. The summed E-state index contributed by atoms with van der Waals surface area (Å²) in [5.74, 6) is 1.88. The molecule has 2 atom stereocenters. The summed E-state index contributed by atoms with van der Waals surface area (Å²) in [5.41, 5.74) is 3.37. The van der Waals surface area contributed by atoms with Gasteiger partial charge in [-0.2, -0.15) is 4.98 Å². The summed E-state index contributed by atoms with van der Waals surface area (Å²) >= 11 is 3.57. The van der Waals surface area contributed by atoms with E-state index in [1.807, 2.05) is 28.9 Å². The lowest BCUT2D eigenvalue weighted by Crippen LogP contribution is -2.57. The highest BCUT2D eigenvalue weighted by Gasteiger charge is 2.36. The van der Waals surface area contributed by atoms with Crippen LogP contribution in [-0.4, -0.2) is 101 Å². The Labute approximate surface area is 260 Å². The number of piperidine rings is 1. The lowest BCUT2D eigenvalue weighted by Gasteiger charge is -2.48. The molecule has 43 heavy (non-hydrogen) atoms. The van der Waals surface area contributed by atoms with Crippen LogP contribution in [0.15, 0.2) is 53.5 Å². The molecule has 226 valence electrons. The number of benzene rings is 1. The van der Waals surface area contributed by atoms with E-state index in [2.05, 4.69) is 70.4 Å². The van der Waals surface area contributed by atoms with Gasteiger partial charge < -0.3 is 34.1 Å². The molecule has 0 unspecified atom stereocenters. The van der Waals surface area contributed by atoms with E-state index in [-0.39, 0.29) is 0 Å². The van der Waals surface area contributed by atoms with Crippen LogP contribution in [0.1, 0.15) is 12.8 Å². The summed E-state index contributed by atoms with van der Waals surface area (Å²) in [4.78, 5) is 21.3. The minimum atomic E-state index is -2.66. The van der Waals surface area contributed by atoms with Crippen molar-refractivity contribution in [3.8, 4) is 5.75 Å². The van der Waals surface area contributed by atoms with Gasteiger partial charge in [0.05, 0.1) is 27.2 Å². The maximum Gasteiger partial charge on any atom is 0.229 e. The van der Waals surface area contributed by atoms with Gasteiger partial charge in [-0.3, -0.25) is 4.90 Å². The molecule has 0 bridgehead atoms. The van der Waals surface area contributed by atoms with Crippen molar-refractivity contribution in [2.75, 3.05) is 75.2 Å². The third-order valence-electron chi connectivity index (χ3n) is 8.77. The van der Waals surface area contributed by atoms with Crippen molar-refractivity contribution < 1.29 is 9.30 Å². The molecule has 7 rings (SSSR count). The molecule has 3 aromatic heterocycles. The van der Waals surface area contributed by atoms with Crippen molar-refractivity contribution in [1.29, 1.82) is 0 Å². The summed E-state index contributed by atoms with van der Waals surface area (Å²) in [5, 5.41) is 7.38. The Morgan fingerprint density at radius 2 is 1.86 bits per heavy atom. The molecule has 2 fully saturated rings. The Bertz CT molecular complexity index is 1700. The van der Waals surface area contributed by atoms with Gasteiger partial charge in [-0.1, -0.05) is 0 Å². The van der Waals surface area contributed by atoms with Crippen LogP contribution in [0.5, 0.6) is 5.75 Å². The molecule has 2 N–H and O–H groups in total. The second kappa shape index (κ2) is 11.4. The highest BCUT2D eigenvalue weighted by Crippen LogP contribution is 2.42. The van der Waals surface area contributed by atoms with Crippen LogP contribution in [0.2, 0.25) is 0 Å². The number of rotatable bonds is 6. The zero-order chi connectivity index (χ0) is 29.7. The van der Waals surface area contributed by atoms with E-state index in [1.165, 1.54) is 6.42 Å². The van der Waals surface area contributed by atoms with Crippen molar-refractivity contribution >= 4 is 62.9 Å². The van der Waals surface area contributed by atoms with E-state index in [1.54, 1.807) is 25.7 Å². The smallest absolute Gasteiger partial charge is 0.229 e. The highest BCUT2D eigenvalue weighted by molar-refractivity contribution is 9.10. The molecule has 0 radical (unpaired) electrons. The number of nitrogens with one attached hydrogen (secondary N) is 2. The summed E-state index contributed by atoms with van der Waals surface area (Å²) in [6.07, 6.45) is 9.48. The number of imidazole rings is 1. The first-order chi connectivity index (χ1) is 20.7. The van der Waals surface area contributed by atoms with Gasteiger partial charge in [-0.25, -0.2) is 9.97 Å². The predicted molar refractivity (Wildman–Crippen MR) is 176 cm³/mol. The first-order valence-electron chi connectivity index (χ1n) is 14.8. The van der Waals surface area contributed by atoms with Crippen LogP contribution in [0.3, 0.4) is 0 Å². The first kappa shape index (κ1) is 28.6. The summed E-state index contributed by atoms with van der Waals surface area (Å²) in [6.45, 7) is 9.88. The van der Waals surface area contributed by atoms with Gasteiger partial charge in [0.25, 0.3) is 0 Å². The SMILES string of the molecule is CN1CCN([C@H]2CCN3c4ccc(Nc5ncc(Br)c(Nc6ccn7ccnc7c6P(C)(C)=O)n5)cc4OC[C@H]3C2)CC1. The lowest BCUT2D eigenvalue weighted by molar-refractivity contribution is 0.0822. The van der Waals surface area contributed by atoms with E-state index >= 15 is 0 Å². The number of hydrogen-bond acceptors (Lipinski definition) is 10. The predicted octanol–water partition coefficient (Wildman–Crippen LogP) is 4.60. The average Bonchev–Trinajstić information content (AvgIpc) is 3.47. The van der Waals surface area contributed by atoms with Gasteiger partial charge in [-0.05, 0) is 67.3 Å². The molecule has 0 saturated carbocycles. The quantitative estimate of drug-likeness (QED) is 0.284. The number of ether oxygens (including phenoxy) is 1. The zero-order valence-electron chi connectivity index (χ0n) is 24.7. The van der Waals surface area contributed by atoms with E-state index < -0.39 is 7.14 Å². The number of pyridine rings is 1. The monoisotopic (exact) mass is 665 g/mol. The number of hydrogen-bond donors (Lipinski definition) is 2. The Kier molecular flexibility index (Phi) is 7.57. The van der Waals surface area contributed by atoms with Gasteiger partial charge in [0.1, 0.15) is 31.0 Å². The van der Waals surface area contributed by atoms with Gasteiger partial charge in [0, 0.05) is 75.3 Å². The number of aromatic nitrogens is 4. The Morgan fingerprint density at radius 3 is 2.67 bits per heavy atom. The van der Waals surface area contributed by atoms with E-state index in [4.69, 9.17) is 9.72 Å². The first-order valence-corrected chi connectivity index (χ1v) is 18.2. The third-order valence-corrected chi connectivity index (χ3v) is 10.9. The van der Waals surface area contributed by atoms with Crippen LogP contribution in [0, 0.1) is 0 Å². The van der Waals surface area contributed by atoms with Gasteiger partial charge in [0.15, 0.2) is 0 Å². The number of piperazine rings is 1. The van der Waals surface area contributed by atoms with Crippen molar-refractivity contribution in [2.45, 2.75) is 24.9 Å². The Balaban J connectivity index is 1.07. The number of fused-ring (bicyclic) bond motifs is 4. The van der Waals surface area contributed by atoms with Crippen LogP contribution in [0.4, 0.5) is 28.8 Å². The fraction of sp³-hybridized carbons (Fsp3) is 0.433. The van der Waals surface area contributed by atoms with Gasteiger partial charge in [0.2, 0.25) is 5.95 Å². The van der Waals surface area contributed by atoms with Crippen molar-refractivity contribution in [1.82, 2.24) is 29.2 Å². The average molecular weight is 667 g/mol. The Hall–Kier alpha value is -3.18. The second-order valence-corrected chi connectivity index (χ2v) is 16.1. The number of anilines is 5. The van der Waals surface area contributed by atoms with E-state index in [0.717, 1.165) is 56.3 Å². The maximum absolute atomic E-state index is 13.3. The van der Waals surface area contributed by atoms with Gasteiger partial charge >= 0.3 is 0 Å². The molecule has 6 heterocycles. The van der Waals surface area contributed by atoms with Gasteiger partial charge in [-0.15, -0.1) is 0 Å². The van der Waals surface area contributed by atoms with Crippen LogP contribution in [0.25, 0.3) is 5.65 Å². The molecule has 3 aliphatic rings. The minimum absolute atomic E-state index is 0.404. The summed E-state index contributed by atoms with van der Waals surface area (Å²) in [7, 11) is -0.452. The number of halogens is 1. The lowest BCUT2D eigenvalue weighted by atomic mass is 9.93. The van der Waals surface area contributed by atoms with Crippen LogP contribution in [-0.2, 0) is 4.57 Å². The maximum atomic E-state index is 13.3. The molecule has 3 aliphatic heterocycles. The topological polar surface area (TPSA) is 103 Å².